The van der Waals surface area contributed by atoms with Gasteiger partial charge in [-0.25, -0.2) is 4.39 Å². The molecule has 0 saturated carbocycles. The summed E-state index contributed by atoms with van der Waals surface area (Å²) in [6.07, 6.45) is -4.69. The van der Waals surface area contributed by atoms with Gasteiger partial charge in [0.25, 0.3) is 5.91 Å². The molecule has 122 valence electrons. The van der Waals surface area contributed by atoms with Crippen LogP contribution in [-0.2, 0) is 0 Å². The van der Waals surface area contributed by atoms with Crippen LogP contribution in [0.15, 0.2) is 18.2 Å². The molecule has 2 atom stereocenters. The second kappa shape index (κ2) is 6.12. The van der Waals surface area contributed by atoms with Gasteiger partial charge in [0.15, 0.2) is 0 Å². The van der Waals surface area contributed by atoms with Crippen LogP contribution in [0.3, 0.4) is 0 Å². The number of benzene rings is 1. The van der Waals surface area contributed by atoms with E-state index in [0.29, 0.717) is 4.90 Å². The second-order valence-electron chi connectivity index (χ2n) is 5.20. The van der Waals surface area contributed by atoms with E-state index in [2.05, 4.69) is 0 Å². The molecule has 1 aromatic rings. The zero-order valence-electron chi connectivity index (χ0n) is 11.9. The number of nitrogens with two attached hydrogens (primary N) is 1. The minimum absolute atomic E-state index is 0.166. The average molecular weight is 320 g/mol. The van der Waals surface area contributed by atoms with E-state index < -0.39 is 35.5 Å². The summed E-state index contributed by atoms with van der Waals surface area (Å²) >= 11 is 0. The van der Waals surface area contributed by atoms with Crippen molar-refractivity contribution in [3.8, 4) is 5.75 Å². The van der Waals surface area contributed by atoms with E-state index in [0.717, 1.165) is 12.1 Å². The van der Waals surface area contributed by atoms with E-state index in [-0.39, 0.29) is 25.1 Å². The van der Waals surface area contributed by atoms with Crippen molar-refractivity contribution < 1.29 is 27.1 Å². The number of rotatable bonds is 2. The van der Waals surface area contributed by atoms with Gasteiger partial charge in [0.2, 0.25) is 0 Å². The van der Waals surface area contributed by atoms with E-state index in [1.165, 1.54) is 13.2 Å². The Morgan fingerprint density at radius 3 is 2.59 bits per heavy atom. The Labute approximate surface area is 124 Å². The summed E-state index contributed by atoms with van der Waals surface area (Å²) in [4.78, 5) is 12.9. The van der Waals surface area contributed by atoms with Gasteiger partial charge >= 0.3 is 6.18 Å². The Kier molecular flexibility index (Phi) is 4.60. The first-order valence-corrected chi connectivity index (χ1v) is 6.71. The fourth-order valence-electron chi connectivity index (χ4n) is 2.51. The molecule has 1 heterocycles. The van der Waals surface area contributed by atoms with Crippen LogP contribution in [0.2, 0.25) is 0 Å². The Morgan fingerprint density at radius 2 is 2.05 bits per heavy atom. The fourth-order valence-corrected chi connectivity index (χ4v) is 2.51. The van der Waals surface area contributed by atoms with Crippen molar-refractivity contribution in [1.82, 2.24) is 4.90 Å². The van der Waals surface area contributed by atoms with Crippen LogP contribution in [0.25, 0.3) is 0 Å². The smallest absolute Gasteiger partial charge is 0.408 e. The lowest BCUT2D eigenvalue weighted by molar-refractivity contribution is -0.184. The molecule has 1 saturated heterocycles. The summed E-state index contributed by atoms with van der Waals surface area (Å²) in [7, 11) is 1.32. The molecule has 0 bridgehead atoms. The third-order valence-electron chi connectivity index (χ3n) is 3.66. The summed E-state index contributed by atoms with van der Waals surface area (Å²) in [5.74, 6) is -1.76. The third-order valence-corrected chi connectivity index (χ3v) is 3.66. The predicted octanol–water partition coefficient (Wildman–Crippen LogP) is 2.33. The number of piperidine rings is 1. The molecule has 1 aliphatic rings. The molecule has 1 fully saturated rings. The number of carbonyl (C=O) groups excluding carboxylic acids is 1. The number of ether oxygens (including phenoxy) is 1. The van der Waals surface area contributed by atoms with Crippen molar-refractivity contribution in [3.63, 3.8) is 0 Å². The molecule has 0 aliphatic carbocycles. The number of amides is 1. The van der Waals surface area contributed by atoms with Gasteiger partial charge in [-0.3, -0.25) is 4.79 Å². The van der Waals surface area contributed by atoms with Crippen LogP contribution >= 0.6 is 0 Å². The van der Waals surface area contributed by atoms with Crippen molar-refractivity contribution in [2.24, 2.45) is 5.73 Å². The lowest BCUT2D eigenvalue weighted by Crippen LogP contribution is -2.56. The molecular formula is C14H16F4N2O2. The SMILES string of the molecule is COc1ccc(C(=O)N2C[C@H](N)CC[C@@H]2C(F)(F)F)c(F)c1. The molecule has 1 amide bonds. The van der Waals surface area contributed by atoms with Crippen LogP contribution in [-0.4, -0.2) is 42.7 Å². The van der Waals surface area contributed by atoms with E-state index in [4.69, 9.17) is 10.5 Å². The van der Waals surface area contributed by atoms with Gasteiger partial charge in [0.05, 0.1) is 12.7 Å². The Bertz CT molecular complexity index is 562. The molecule has 0 radical (unpaired) electrons. The quantitative estimate of drug-likeness (QED) is 0.851. The lowest BCUT2D eigenvalue weighted by atomic mass is 9.97. The summed E-state index contributed by atoms with van der Waals surface area (Å²) in [5, 5.41) is 0. The van der Waals surface area contributed by atoms with Gasteiger partial charge in [-0.05, 0) is 25.0 Å². The van der Waals surface area contributed by atoms with Crippen LogP contribution in [0.1, 0.15) is 23.2 Å². The second-order valence-corrected chi connectivity index (χ2v) is 5.20. The van der Waals surface area contributed by atoms with Crippen LogP contribution in [0.5, 0.6) is 5.75 Å². The number of hydrogen-bond donors (Lipinski definition) is 1. The van der Waals surface area contributed by atoms with Crippen molar-refractivity contribution in [2.45, 2.75) is 31.1 Å². The molecule has 1 aromatic carbocycles. The number of likely N-dealkylation sites (tertiary alicyclic amines) is 1. The highest BCUT2D eigenvalue weighted by molar-refractivity contribution is 5.95. The first-order chi connectivity index (χ1) is 10.2. The summed E-state index contributed by atoms with van der Waals surface area (Å²) in [6.45, 7) is -0.255. The number of halogens is 4. The van der Waals surface area contributed by atoms with Gasteiger partial charge in [-0.1, -0.05) is 0 Å². The van der Waals surface area contributed by atoms with Crippen molar-refractivity contribution in [1.29, 1.82) is 0 Å². The third kappa shape index (κ3) is 3.32. The highest BCUT2D eigenvalue weighted by atomic mass is 19.4. The number of nitrogens with zero attached hydrogens (tertiary/aromatic N) is 1. The molecule has 2 rings (SSSR count). The number of hydrogen-bond acceptors (Lipinski definition) is 3. The first-order valence-electron chi connectivity index (χ1n) is 6.71. The van der Waals surface area contributed by atoms with Crippen molar-refractivity contribution >= 4 is 5.91 Å². The molecule has 2 N–H and O–H groups in total. The van der Waals surface area contributed by atoms with Gasteiger partial charge in [-0.15, -0.1) is 0 Å². The molecule has 1 aliphatic heterocycles. The monoisotopic (exact) mass is 320 g/mol. The summed E-state index contributed by atoms with van der Waals surface area (Å²) < 4.78 is 57.9. The van der Waals surface area contributed by atoms with Crippen molar-refractivity contribution in [2.75, 3.05) is 13.7 Å². The minimum atomic E-state index is -4.57. The fraction of sp³-hybridized carbons (Fsp3) is 0.500. The normalized spacial score (nSPS) is 22.5. The molecule has 0 unspecified atom stereocenters. The van der Waals surface area contributed by atoms with Crippen LogP contribution < -0.4 is 10.5 Å². The van der Waals surface area contributed by atoms with E-state index >= 15 is 0 Å². The molecular weight excluding hydrogens is 304 g/mol. The van der Waals surface area contributed by atoms with E-state index in [9.17, 15) is 22.4 Å². The van der Waals surface area contributed by atoms with E-state index in [1.807, 2.05) is 0 Å². The Hall–Kier alpha value is -1.83. The van der Waals surface area contributed by atoms with Gasteiger partial charge in [-0.2, -0.15) is 13.2 Å². The molecule has 4 nitrogen and oxygen atoms in total. The maximum absolute atomic E-state index is 13.9. The van der Waals surface area contributed by atoms with Gasteiger partial charge in [0, 0.05) is 18.7 Å². The Morgan fingerprint density at radius 1 is 1.36 bits per heavy atom. The summed E-state index contributed by atoms with van der Waals surface area (Å²) in [5.41, 5.74) is 5.23. The number of carbonyl (C=O) groups is 1. The predicted molar refractivity (Wildman–Crippen MR) is 71.0 cm³/mol. The molecule has 0 spiro atoms. The lowest BCUT2D eigenvalue weighted by Gasteiger charge is -2.39. The Balaban J connectivity index is 2.32. The minimum Gasteiger partial charge on any atom is -0.497 e. The topological polar surface area (TPSA) is 55.6 Å². The molecule has 0 aromatic heterocycles. The standard InChI is InChI=1S/C14H16F4N2O2/c1-22-9-3-4-10(11(15)6-9)13(21)20-7-8(19)2-5-12(20)14(16,17)18/h3-4,6,8,12H,2,5,7,19H2,1H3/t8-,12-/m1/s1. The zero-order chi connectivity index (χ0) is 16.5. The highest BCUT2D eigenvalue weighted by Gasteiger charge is 2.48. The maximum Gasteiger partial charge on any atom is 0.408 e. The van der Waals surface area contributed by atoms with E-state index in [1.54, 1.807) is 0 Å². The number of alkyl halides is 3. The number of methoxy groups -OCH3 is 1. The van der Waals surface area contributed by atoms with Crippen LogP contribution in [0, 0.1) is 5.82 Å². The average Bonchev–Trinajstić information content (AvgIpc) is 2.45. The first kappa shape index (κ1) is 16.5. The van der Waals surface area contributed by atoms with Crippen LogP contribution in [0.4, 0.5) is 17.6 Å². The van der Waals surface area contributed by atoms with Gasteiger partial charge in [0.1, 0.15) is 17.6 Å². The summed E-state index contributed by atoms with van der Waals surface area (Å²) in [6, 6.07) is 0.900. The highest BCUT2D eigenvalue weighted by Crippen LogP contribution is 2.33. The largest absolute Gasteiger partial charge is 0.497 e. The molecule has 22 heavy (non-hydrogen) atoms. The van der Waals surface area contributed by atoms with Gasteiger partial charge < -0.3 is 15.4 Å². The molecule has 8 heteroatoms. The van der Waals surface area contributed by atoms with Crippen molar-refractivity contribution in [3.05, 3.63) is 29.6 Å². The zero-order valence-corrected chi connectivity index (χ0v) is 11.9. The maximum atomic E-state index is 13.9.